The van der Waals surface area contributed by atoms with Crippen molar-refractivity contribution < 1.29 is 4.79 Å². The van der Waals surface area contributed by atoms with Gasteiger partial charge in [-0.25, -0.2) is 0 Å². The highest BCUT2D eigenvalue weighted by atomic mass is 35.5. The van der Waals surface area contributed by atoms with Crippen molar-refractivity contribution >= 4 is 16.8 Å². The van der Waals surface area contributed by atoms with Crippen LogP contribution in [0.25, 0.3) is 0 Å². The van der Waals surface area contributed by atoms with Gasteiger partial charge in [0.25, 0.3) is 0 Å². The summed E-state index contributed by atoms with van der Waals surface area (Å²) in [5.41, 5.74) is 1.64. The largest absolute Gasteiger partial charge is 0.281 e. The summed E-state index contributed by atoms with van der Waals surface area (Å²) in [6, 6.07) is 0. The molecule has 0 aromatic rings. The number of halogens is 1. The van der Waals surface area contributed by atoms with Gasteiger partial charge in [-0.2, -0.15) is 0 Å². The Kier molecular flexibility index (Phi) is 2.03. The molecule has 2 aliphatic rings. The van der Waals surface area contributed by atoms with Crippen LogP contribution in [-0.4, -0.2) is 5.24 Å². The molecular weight excluding hydrogens is 184 g/mol. The van der Waals surface area contributed by atoms with Gasteiger partial charge in [0, 0.05) is 5.92 Å². The molecule has 72 valence electrons. The molecule has 0 heterocycles. The van der Waals surface area contributed by atoms with Crippen LogP contribution in [0.5, 0.6) is 0 Å². The summed E-state index contributed by atoms with van der Waals surface area (Å²) in [7, 11) is 0. The topological polar surface area (TPSA) is 17.1 Å². The van der Waals surface area contributed by atoms with E-state index in [4.69, 9.17) is 11.6 Å². The maximum atomic E-state index is 11.1. The van der Waals surface area contributed by atoms with Crippen molar-refractivity contribution in [3.8, 4) is 0 Å². The Balaban J connectivity index is 2.06. The number of carbonyl (C=O) groups is 1. The van der Waals surface area contributed by atoms with Gasteiger partial charge in [-0.1, -0.05) is 25.5 Å². The van der Waals surface area contributed by atoms with Crippen molar-refractivity contribution in [1.29, 1.82) is 0 Å². The maximum absolute atomic E-state index is 11.1. The van der Waals surface area contributed by atoms with Crippen LogP contribution in [0.15, 0.2) is 11.6 Å². The van der Waals surface area contributed by atoms with Crippen LogP contribution in [0.3, 0.4) is 0 Å². The molecule has 0 bridgehead atoms. The minimum Gasteiger partial charge on any atom is -0.281 e. The van der Waals surface area contributed by atoms with Gasteiger partial charge in [0.15, 0.2) is 0 Å². The predicted molar refractivity (Wildman–Crippen MR) is 53.6 cm³/mol. The molecule has 0 saturated heterocycles. The number of hydrogen-bond donors (Lipinski definition) is 0. The Morgan fingerprint density at radius 3 is 2.46 bits per heavy atom. The SMILES string of the molecule is CC1(C)[C@H](C(=O)Cl)[C@@H]1C=C1CCC1. The quantitative estimate of drug-likeness (QED) is 0.492. The lowest BCUT2D eigenvalue weighted by Gasteiger charge is -2.16. The minimum atomic E-state index is -0.161. The molecule has 2 aliphatic carbocycles. The Hall–Kier alpha value is -0.300. The number of allylic oxidation sites excluding steroid dienone is 2. The molecule has 0 spiro atoms. The van der Waals surface area contributed by atoms with Crippen LogP contribution >= 0.6 is 11.6 Å². The molecule has 0 amide bonds. The molecule has 13 heavy (non-hydrogen) atoms. The van der Waals surface area contributed by atoms with Gasteiger partial charge in [-0.3, -0.25) is 4.79 Å². The molecule has 0 aliphatic heterocycles. The summed E-state index contributed by atoms with van der Waals surface area (Å²) >= 11 is 5.53. The fraction of sp³-hybridized carbons (Fsp3) is 0.727. The Bertz CT molecular complexity index is 272. The van der Waals surface area contributed by atoms with E-state index in [0.717, 1.165) is 0 Å². The predicted octanol–water partition coefficient (Wildman–Crippen LogP) is 3.13. The van der Waals surface area contributed by atoms with E-state index in [2.05, 4.69) is 19.9 Å². The summed E-state index contributed by atoms with van der Waals surface area (Å²) in [5, 5.41) is -0.161. The van der Waals surface area contributed by atoms with Gasteiger partial charge in [-0.05, 0) is 42.2 Å². The Morgan fingerprint density at radius 1 is 1.54 bits per heavy atom. The van der Waals surface area contributed by atoms with E-state index in [1.165, 1.54) is 24.8 Å². The summed E-state index contributed by atoms with van der Waals surface area (Å²) in [6.45, 7) is 4.25. The normalized spacial score (nSPS) is 35.2. The third kappa shape index (κ3) is 1.43. The summed E-state index contributed by atoms with van der Waals surface area (Å²) in [5.74, 6) is 0.482. The van der Waals surface area contributed by atoms with E-state index >= 15 is 0 Å². The molecule has 1 nitrogen and oxygen atoms in total. The fourth-order valence-electron chi connectivity index (χ4n) is 2.22. The van der Waals surface area contributed by atoms with E-state index in [1.54, 1.807) is 0 Å². The standard InChI is InChI=1S/C11H15ClO/c1-11(2)8(9(11)10(12)13)6-7-4-3-5-7/h6,8-9H,3-5H2,1-2H3/t8-,9-/m0/s1. The van der Waals surface area contributed by atoms with Crippen LogP contribution in [-0.2, 0) is 4.79 Å². The average molecular weight is 199 g/mol. The molecule has 2 fully saturated rings. The van der Waals surface area contributed by atoms with Gasteiger partial charge in [0.2, 0.25) is 5.24 Å². The average Bonchev–Trinajstić information content (AvgIpc) is 2.44. The zero-order chi connectivity index (χ0) is 9.64. The van der Waals surface area contributed by atoms with Crippen LogP contribution < -0.4 is 0 Å². The molecule has 0 N–H and O–H groups in total. The molecule has 2 rings (SSSR count). The zero-order valence-corrected chi connectivity index (χ0v) is 8.90. The van der Waals surface area contributed by atoms with Crippen molar-refractivity contribution in [2.75, 3.05) is 0 Å². The third-order valence-electron chi connectivity index (χ3n) is 3.57. The molecule has 2 heteroatoms. The minimum absolute atomic E-state index is 0.0715. The molecule has 0 unspecified atom stereocenters. The maximum Gasteiger partial charge on any atom is 0.225 e. The lowest BCUT2D eigenvalue weighted by Crippen LogP contribution is -1.98. The third-order valence-corrected chi connectivity index (χ3v) is 3.80. The van der Waals surface area contributed by atoms with E-state index in [1.807, 2.05) is 0 Å². The lowest BCUT2D eigenvalue weighted by atomic mass is 9.90. The van der Waals surface area contributed by atoms with E-state index in [9.17, 15) is 4.79 Å². The molecule has 2 saturated carbocycles. The highest BCUT2D eigenvalue weighted by Crippen LogP contribution is 2.60. The van der Waals surface area contributed by atoms with Crippen LogP contribution in [0.2, 0.25) is 0 Å². The first kappa shape index (κ1) is 9.26. The first-order valence-electron chi connectivity index (χ1n) is 4.92. The first-order chi connectivity index (χ1) is 6.03. The van der Waals surface area contributed by atoms with Gasteiger partial charge < -0.3 is 0 Å². The van der Waals surface area contributed by atoms with E-state index < -0.39 is 0 Å². The second kappa shape index (κ2) is 2.84. The number of rotatable bonds is 2. The van der Waals surface area contributed by atoms with Crippen molar-refractivity contribution in [3.63, 3.8) is 0 Å². The summed E-state index contributed by atoms with van der Waals surface area (Å²) < 4.78 is 0. The number of hydrogen-bond acceptors (Lipinski definition) is 1. The zero-order valence-electron chi connectivity index (χ0n) is 8.14. The van der Waals surface area contributed by atoms with Gasteiger partial charge in [0.05, 0.1) is 0 Å². The molecular formula is C11H15ClO. The smallest absolute Gasteiger partial charge is 0.225 e. The second-order valence-electron chi connectivity index (χ2n) is 4.81. The van der Waals surface area contributed by atoms with Gasteiger partial charge >= 0.3 is 0 Å². The van der Waals surface area contributed by atoms with Crippen LogP contribution in [0.1, 0.15) is 33.1 Å². The molecule has 0 aromatic carbocycles. The highest BCUT2D eigenvalue weighted by molar-refractivity contribution is 6.64. The Labute approximate surface area is 84.2 Å². The molecule has 0 aromatic heterocycles. The fourth-order valence-corrected chi connectivity index (χ4v) is 2.64. The van der Waals surface area contributed by atoms with Crippen molar-refractivity contribution in [3.05, 3.63) is 11.6 Å². The molecule has 0 radical (unpaired) electrons. The summed E-state index contributed by atoms with van der Waals surface area (Å²) in [6.07, 6.45) is 6.07. The second-order valence-corrected chi connectivity index (χ2v) is 5.18. The van der Waals surface area contributed by atoms with Crippen molar-refractivity contribution in [1.82, 2.24) is 0 Å². The van der Waals surface area contributed by atoms with Crippen LogP contribution in [0.4, 0.5) is 0 Å². The van der Waals surface area contributed by atoms with E-state index in [-0.39, 0.29) is 16.6 Å². The Morgan fingerprint density at radius 2 is 2.15 bits per heavy atom. The van der Waals surface area contributed by atoms with Crippen LogP contribution in [0, 0.1) is 17.3 Å². The van der Waals surface area contributed by atoms with Crippen molar-refractivity contribution in [2.45, 2.75) is 33.1 Å². The number of carbonyl (C=O) groups excluding carboxylic acids is 1. The first-order valence-corrected chi connectivity index (χ1v) is 5.30. The highest BCUT2D eigenvalue weighted by Gasteiger charge is 2.59. The van der Waals surface area contributed by atoms with E-state index in [0.29, 0.717) is 5.92 Å². The lowest BCUT2D eigenvalue weighted by molar-refractivity contribution is -0.113. The summed E-state index contributed by atoms with van der Waals surface area (Å²) in [4.78, 5) is 11.1. The van der Waals surface area contributed by atoms with Gasteiger partial charge in [-0.15, -0.1) is 0 Å². The monoisotopic (exact) mass is 198 g/mol. The van der Waals surface area contributed by atoms with Crippen molar-refractivity contribution in [2.24, 2.45) is 17.3 Å². The molecule has 2 atom stereocenters. The van der Waals surface area contributed by atoms with Gasteiger partial charge in [0.1, 0.15) is 0 Å².